The van der Waals surface area contributed by atoms with Crippen LogP contribution in [0.25, 0.3) is 11.0 Å². The number of carbonyl (C=O) groups excluding carboxylic acids is 1. The fourth-order valence-corrected chi connectivity index (χ4v) is 2.58. The van der Waals surface area contributed by atoms with Gasteiger partial charge in [0.25, 0.3) is 0 Å². The second kappa shape index (κ2) is 7.61. The van der Waals surface area contributed by atoms with Gasteiger partial charge in [-0.3, -0.25) is 4.79 Å². The number of rotatable bonds is 6. The number of fused-ring (bicyclic) bond motifs is 1. The van der Waals surface area contributed by atoms with Gasteiger partial charge in [-0.05, 0) is 24.3 Å². The van der Waals surface area contributed by atoms with Crippen molar-refractivity contribution >= 4 is 29.1 Å². The monoisotopic (exact) mass is 368 g/mol. The van der Waals surface area contributed by atoms with Crippen LogP contribution in [0.3, 0.4) is 0 Å². The van der Waals surface area contributed by atoms with Crippen molar-refractivity contribution in [3.8, 4) is 11.5 Å². The summed E-state index contributed by atoms with van der Waals surface area (Å²) in [6, 6.07) is 11.9. The van der Waals surface area contributed by atoms with Crippen molar-refractivity contribution in [2.75, 3.05) is 14.2 Å². The summed E-state index contributed by atoms with van der Waals surface area (Å²) in [5.74, 6) is -1.33. The van der Waals surface area contributed by atoms with E-state index in [4.69, 9.17) is 13.9 Å². The van der Waals surface area contributed by atoms with Crippen molar-refractivity contribution in [1.29, 1.82) is 0 Å². The smallest absolute Gasteiger partial charge is 0.340 e. The van der Waals surface area contributed by atoms with Gasteiger partial charge in [0.1, 0.15) is 11.1 Å². The summed E-state index contributed by atoms with van der Waals surface area (Å²) in [7, 11) is 2.75. The zero-order valence-corrected chi connectivity index (χ0v) is 14.6. The van der Waals surface area contributed by atoms with E-state index in [2.05, 4.69) is 10.5 Å². The van der Waals surface area contributed by atoms with E-state index in [1.807, 2.05) is 12.1 Å². The minimum Gasteiger partial charge on any atom is -0.493 e. The minimum atomic E-state index is -1.21. The highest BCUT2D eigenvalue weighted by Gasteiger charge is 2.20. The van der Waals surface area contributed by atoms with Gasteiger partial charge < -0.3 is 19.0 Å². The van der Waals surface area contributed by atoms with Crippen LogP contribution in [-0.2, 0) is 0 Å². The number of carboxylic acids is 1. The van der Waals surface area contributed by atoms with Crippen LogP contribution < -0.4 is 14.9 Å². The highest BCUT2D eigenvalue weighted by Crippen LogP contribution is 2.32. The lowest BCUT2D eigenvalue weighted by molar-refractivity contribution is 0.0692. The van der Waals surface area contributed by atoms with Crippen LogP contribution in [0, 0.1) is 0 Å². The first kappa shape index (κ1) is 18.0. The number of nitrogens with one attached hydrogen (secondary N) is 1. The molecule has 0 unspecified atom stereocenters. The highest BCUT2D eigenvalue weighted by molar-refractivity contribution is 6.02. The van der Waals surface area contributed by atoms with Crippen molar-refractivity contribution in [3.63, 3.8) is 0 Å². The van der Waals surface area contributed by atoms with E-state index in [1.54, 1.807) is 24.3 Å². The van der Waals surface area contributed by atoms with E-state index in [1.165, 1.54) is 26.5 Å². The molecule has 3 rings (SSSR count). The van der Waals surface area contributed by atoms with E-state index in [-0.39, 0.29) is 28.4 Å². The van der Waals surface area contributed by atoms with Gasteiger partial charge in [0, 0.05) is 10.9 Å². The molecule has 0 aliphatic heterocycles. The van der Waals surface area contributed by atoms with Crippen LogP contribution in [-0.4, -0.2) is 37.4 Å². The quantitative estimate of drug-likeness (QED) is 0.511. The summed E-state index contributed by atoms with van der Waals surface area (Å²) in [6.45, 7) is 0. The minimum absolute atomic E-state index is 0.0672. The lowest BCUT2D eigenvalue weighted by Gasteiger charge is -2.12. The second-order valence-corrected chi connectivity index (χ2v) is 5.42. The number of carbonyl (C=O) groups is 2. The fraction of sp³-hybridized carbons (Fsp3) is 0.105. The van der Waals surface area contributed by atoms with Crippen LogP contribution in [0.4, 0.5) is 0 Å². The molecule has 138 valence electrons. The van der Waals surface area contributed by atoms with Gasteiger partial charge in [0.05, 0.1) is 20.4 Å². The second-order valence-electron chi connectivity index (χ2n) is 5.42. The first-order valence-corrected chi connectivity index (χ1v) is 7.85. The maximum atomic E-state index is 12.2. The van der Waals surface area contributed by atoms with Gasteiger partial charge in [-0.25, -0.2) is 10.2 Å². The normalized spacial score (nSPS) is 10.9. The molecule has 8 heteroatoms. The molecule has 0 aliphatic rings. The van der Waals surface area contributed by atoms with E-state index in [9.17, 15) is 14.7 Å². The number of carboxylic acid groups (broad SMARTS) is 1. The van der Waals surface area contributed by atoms with Crippen LogP contribution in [0.5, 0.6) is 11.5 Å². The van der Waals surface area contributed by atoms with Crippen molar-refractivity contribution in [2.45, 2.75) is 0 Å². The van der Waals surface area contributed by atoms with E-state index < -0.39 is 11.9 Å². The zero-order chi connectivity index (χ0) is 19.4. The van der Waals surface area contributed by atoms with E-state index >= 15 is 0 Å². The lowest BCUT2D eigenvalue weighted by atomic mass is 10.1. The first-order chi connectivity index (χ1) is 13.0. The average molecular weight is 368 g/mol. The van der Waals surface area contributed by atoms with Crippen LogP contribution in [0.2, 0.25) is 0 Å². The summed E-state index contributed by atoms with van der Waals surface area (Å²) < 4.78 is 15.7. The zero-order valence-electron chi connectivity index (χ0n) is 14.6. The Bertz CT molecular complexity index is 1000. The topological polar surface area (TPSA) is 110 Å². The van der Waals surface area contributed by atoms with E-state index in [0.29, 0.717) is 5.58 Å². The molecular formula is C19H16N2O6. The maximum absolute atomic E-state index is 12.2. The fourth-order valence-electron chi connectivity index (χ4n) is 2.58. The van der Waals surface area contributed by atoms with Crippen LogP contribution >= 0.6 is 0 Å². The maximum Gasteiger partial charge on any atom is 0.340 e. The standard InChI is InChI=1S/C19H16N2O6/c1-25-14-8-7-12(16(19(23)24)17(14)26-2)10-20-21-18(22)15-9-11-5-3-4-6-13(11)27-15/h3-10H,1-2H3,(H,21,22)(H,23,24). The number of hydrogen-bond acceptors (Lipinski definition) is 6. The van der Waals surface area contributed by atoms with Crippen molar-refractivity contribution in [2.24, 2.45) is 5.10 Å². The number of nitrogens with zero attached hydrogens (tertiary/aromatic N) is 1. The van der Waals surface area contributed by atoms with Gasteiger partial charge in [0.2, 0.25) is 0 Å². The Hall–Kier alpha value is -3.81. The molecule has 0 fully saturated rings. The van der Waals surface area contributed by atoms with Gasteiger partial charge >= 0.3 is 11.9 Å². The third kappa shape index (κ3) is 3.59. The number of benzene rings is 2. The Kier molecular flexibility index (Phi) is 5.07. The number of hydrogen-bond donors (Lipinski definition) is 2. The molecule has 0 atom stereocenters. The Labute approximate surface area is 154 Å². The van der Waals surface area contributed by atoms with Gasteiger partial charge in [-0.1, -0.05) is 18.2 Å². The predicted octanol–water partition coefficient (Wildman–Crippen LogP) is 2.91. The average Bonchev–Trinajstić information content (AvgIpc) is 3.11. The summed E-state index contributed by atoms with van der Waals surface area (Å²) in [4.78, 5) is 23.8. The number of hydrazone groups is 1. The van der Waals surface area contributed by atoms with Crippen molar-refractivity contribution in [1.82, 2.24) is 5.43 Å². The molecule has 1 amide bonds. The molecule has 0 bridgehead atoms. The predicted molar refractivity (Wildman–Crippen MR) is 97.8 cm³/mol. The van der Waals surface area contributed by atoms with Crippen LogP contribution in [0.1, 0.15) is 26.5 Å². The number of methoxy groups -OCH3 is 2. The van der Waals surface area contributed by atoms with Gasteiger partial charge in [0.15, 0.2) is 17.3 Å². The summed E-state index contributed by atoms with van der Waals surface area (Å²) >= 11 is 0. The highest BCUT2D eigenvalue weighted by atomic mass is 16.5. The summed E-state index contributed by atoms with van der Waals surface area (Å²) in [6.07, 6.45) is 1.21. The van der Waals surface area contributed by atoms with Crippen molar-refractivity contribution in [3.05, 3.63) is 59.4 Å². The molecular weight excluding hydrogens is 352 g/mol. The van der Waals surface area contributed by atoms with Crippen LogP contribution in [0.15, 0.2) is 52.0 Å². The number of amides is 1. The molecule has 1 heterocycles. The Morgan fingerprint density at radius 1 is 1.15 bits per heavy atom. The number of ether oxygens (including phenoxy) is 2. The van der Waals surface area contributed by atoms with Gasteiger partial charge in [-0.2, -0.15) is 5.10 Å². The molecule has 2 N–H and O–H groups in total. The molecule has 0 radical (unpaired) electrons. The molecule has 1 aromatic heterocycles. The Balaban J connectivity index is 1.83. The number of para-hydroxylation sites is 1. The third-order valence-electron chi connectivity index (χ3n) is 3.81. The Morgan fingerprint density at radius 3 is 2.59 bits per heavy atom. The SMILES string of the molecule is COc1ccc(C=NNC(=O)c2cc3ccccc3o2)c(C(=O)O)c1OC. The number of aromatic carboxylic acids is 1. The molecule has 0 aliphatic carbocycles. The summed E-state index contributed by atoms with van der Waals surface area (Å²) in [5.41, 5.74) is 3.01. The molecule has 27 heavy (non-hydrogen) atoms. The lowest BCUT2D eigenvalue weighted by Crippen LogP contribution is -2.17. The largest absolute Gasteiger partial charge is 0.493 e. The molecule has 8 nitrogen and oxygen atoms in total. The molecule has 0 saturated carbocycles. The first-order valence-electron chi connectivity index (χ1n) is 7.85. The third-order valence-corrected chi connectivity index (χ3v) is 3.81. The van der Waals surface area contributed by atoms with Crippen molar-refractivity contribution < 1.29 is 28.6 Å². The molecule has 3 aromatic rings. The summed E-state index contributed by atoms with van der Waals surface area (Å²) in [5, 5.41) is 14.1. The number of furan rings is 1. The van der Waals surface area contributed by atoms with Gasteiger partial charge in [-0.15, -0.1) is 0 Å². The Morgan fingerprint density at radius 2 is 1.93 bits per heavy atom. The molecule has 0 saturated heterocycles. The molecule has 0 spiro atoms. The molecule has 2 aromatic carbocycles. The van der Waals surface area contributed by atoms with E-state index in [0.717, 1.165) is 5.39 Å².